The highest BCUT2D eigenvalue weighted by Gasteiger charge is 2.32. The van der Waals surface area contributed by atoms with Crippen molar-refractivity contribution in [3.8, 4) is 0 Å². The highest BCUT2D eigenvalue weighted by molar-refractivity contribution is 5.78. The molecule has 2 rings (SSSR count). The molecule has 2 heterocycles. The van der Waals surface area contributed by atoms with Crippen molar-refractivity contribution >= 4 is 11.9 Å². The number of carboxylic acids is 1. The number of ether oxygens (including phenoxy) is 1. The van der Waals surface area contributed by atoms with E-state index >= 15 is 0 Å². The molecule has 98 valence electrons. The first-order valence-corrected chi connectivity index (χ1v) is 5.43. The van der Waals surface area contributed by atoms with Crippen molar-refractivity contribution in [2.24, 2.45) is 0 Å². The fraction of sp³-hybridized carbons (Fsp3) is 0.667. The summed E-state index contributed by atoms with van der Waals surface area (Å²) in [5.41, 5.74) is 0. The molecule has 18 heavy (non-hydrogen) atoms. The molecule has 0 spiro atoms. The standard InChI is InChI=1S/C9H13N5O4/c1-6-2-13(3-7(18-6)9(16)17)8(15)4-14-5-10-11-12-14/h5-7H,2-4H2,1H3,(H,16,17)/t6-,7?/m1/s1. The number of hydrogen-bond donors (Lipinski definition) is 1. The Balaban J connectivity index is 1.99. The number of aliphatic carboxylic acids is 1. The number of aromatic nitrogens is 4. The monoisotopic (exact) mass is 255 g/mol. The molecule has 0 radical (unpaired) electrons. The predicted octanol–water partition coefficient (Wildman–Crippen LogP) is -1.63. The van der Waals surface area contributed by atoms with E-state index in [4.69, 9.17) is 9.84 Å². The second kappa shape index (κ2) is 5.08. The summed E-state index contributed by atoms with van der Waals surface area (Å²) >= 11 is 0. The zero-order valence-electron chi connectivity index (χ0n) is 9.76. The maximum atomic E-state index is 11.9. The van der Waals surface area contributed by atoms with Crippen molar-refractivity contribution in [1.82, 2.24) is 25.1 Å². The first kappa shape index (κ1) is 12.4. The van der Waals surface area contributed by atoms with E-state index in [1.54, 1.807) is 6.92 Å². The SMILES string of the molecule is C[C@@H]1CN(C(=O)Cn2cnnn2)CC(C(=O)O)O1. The van der Waals surface area contributed by atoms with Crippen LogP contribution in [0.1, 0.15) is 6.92 Å². The molecular weight excluding hydrogens is 242 g/mol. The van der Waals surface area contributed by atoms with Crippen LogP contribution >= 0.6 is 0 Å². The molecule has 2 atom stereocenters. The van der Waals surface area contributed by atoms with Gasteiger partial charge in [0.15, 0.2) is 6.10 Å². The number of tetrazole rings is 1. The lowest BCUT2D eigenvalue weighted by atomic mass is 10.2. The molecule has 1 amide bonds. The Morgan fingerprint density at radius 1 is 1.50 bits per heavy atom. The van der Waals surface area contributed by atoms with Gasteiger partial charge in [-0.15, -0.1) is 5.10 Å². The van der Waals surface area contributed by atoms with E-state index in [0.29, 0.717) is 6.54 Å². The summed E-state index contributed by atoms with van der Waals surface area (Å²) in [7, 11) is 0. The van der Waals surface area contributed by atoms with Gasteiger partial charge >= 0.3 is 5.97 Å². The summed E-state index contributed by atoms with van der Waals surface area (Å²) in [4.78, 5) is 24.3. The van der Waals surface area contributed by atoms with Gasteiger partial charge < -0.3 is 14.7 Å². The molecule has 1 saturated heterocycles. The Morgan fingerprint density at radius 3 is 2.89 bits per heavy atom. The molecule has 0 aliphatic carbocycles. The Hall–Kier alpha value is -2.03. The fourth-order valence-electron chi connectivity index (χ4n) is 1.78. The number of carbonyl (C=O) groups is 2. The minimum absolute atomic E-state index is 0.00788. The maximum absolute atomic E-state index is 11.9. The highest BCUT2D eigenvalue weighted by atomic mass is 16.5. The van der Waals surface area contributed by atoms with E-state index in [2.05, 4.69) is 15.5 Å². The normalized spacial score (nSPS) is 23.9. The second-order valence-electron chi connectivity index (χ2n) is 4.08. The number of hydrogen-bond acceptors (Lipinski definition) is 6. The average Bonchev–Trinajstić information content (AvgIpc) is 2.80. The van der Waals surface area contributed by atoms with Gasteiger partial charge in [-0.3, -0.25) is 4.79 Å². The van der Waals surface area contributed by atoms with Crippen LogP contribution in [0, 0.1) is 0 Å². The number of amides is 1. The zero-order valence-corrected chi connectivity index (χ0v) is 9.76. The van der Waals surface area contributed by atoms with Crippen molar-refractivity contribution in [1.29, 1.82) is 0 Å². The predicted molar refractivity (Wildman–Crippen MR) is 56.4 cm³/mol. The summed E-state index contributed by atoms with van der Waals surface area (Å²) in [6, 6.07) is 0. The van der Waals surface area contributed by atoms with Crippen LogP contribution in [0.15, 0.2) is 6.33 Å². The van der Waals surface area contributed by atoms with E-state index in [1.165, 1.54) is 15.9 Å². The minimum atomic E-state index is -1.07. The van der Waals surface area contributed by atoms with Crippen LogP contribution in [-0.2, 0) is 20.9 Å². The first-order valence-electron chi connectivity index (χ1n) is 5.43. The minimum Gasteiger partial charge on any atom is -0.479 e. The van der Waals surface area contributed by atoms with Gasteiger partial charge in [-0.1, -0.05) is 0 Å². The third-order valence-corrected chi connectivity index (χ3v) is 2.58. The van der Waals surface area contributed by atoms with Crippen molar-refractivity contribution in [3.63, 3.8) is 0 Å². The largest absolute Gasteiger partial charge is 0.479 e. The summed E-state index contributed by atoms with van der Waals surface area (Å²) < 4.78 is 6.51. The lowest BCUT2D eigenvalue weighted by Crippen LogP contribution is -2.52. The van der Waals surface area contributed by atoms with Crippen molar-refractivity contribution in [2.45, 2.75) is 25.7 Å². The smallest absolute Gasteiger partial charge is 0.334 e. The van der Waals surface area contributed by atoms with Gasteiger partial charge in [0.25, 0.3) is 0 Å². The molecule has 1 aliphatic heterocycles. The van der Waals surface area contributed by atoms with E-state index < -0.39 is 12.1 Å². The third-order valence-electron chi connectivity index (χ3n) is 2.58. The number of nitrogens with zero attached hydrogens (tertiary/aromatic N) is 5. The summed E-state index contributed by atoms with van der Waals surface area (Å²) in [5, 5.41) is 19.3. The molecule has 1 N–H and O–H groups in total. The van der Waals surface area contributed by atoms with Crippen LogP contribution in [0.5, 0.6) is 0 Å². The highest BCUT2D eigenvalue weighted by Crippen LogP contribution is 2.11. The van der Waals surface area contributed by atoms with Gasteiger partial charge in [0, 0.05) is 6.54 Å². The lowest BCUT2D eigenvalue weighted by Gasteiger charge is -2.34. The van der Waals surface area contributed by atoms with E-state index in [1.807, 2.05) is 0 Å². The molecule has 9 heteroatoms. The maximum Gasteiger partial charge on any atom is 0.334 e. The number of carboxylic acid groups (broad SMARTS) is 1. The lowest BCUT2D eigenvalue weighted by molar-refractivity contribution is -0.166. The summed E-state index contributed by atoms with van der Waals surface area (Å²) in [5.74, 6) is -1.30. The molecule has 1 aromatic rings. The topological polar surface area (TPSA) is 110 Å². The molecular formula is C9H13N5O4. The first-order chi connectivity index (χ1) is 8.56. The number of carbonyl (C=O) groups excluding carboxylic acids is 1. The van der Waals surface area contributed by atoms with Crippen molar-refractivity contribution in [2.75, 3.05) is 13.1 Å². The van der Waals surface area contributed by atoms with Gasteiger partial charge in [-0.05, 0) is 17.4 Å². The van der Waals surface area contributed by atoms with Crippen LogP contribution in [0.4, 0.5) is 0 Å². The molecule has 9 nitrogen and oxygen atoms in total. The molecule has 0 bridgehead atoms. The van der Waals surface area contributed by atoms with Gasteiger partial charge in [0.05, 0.1) is 12.6 Å². The molecule has 1 aromatic heterocycles. The molecule has 0 saturated carbocycles. The van der Waals surface area contributed by atoms with Gasteiger partial charge in [0.1, 0.15) is 12.9 Å². The van der Waals surface area contributed by atoms with Gasteiger partial charge in [-0.25, -0.2) is 9.48 Å². The molecule has 1 unspecified atom stereocenters. The molecule has 0 aromatic carbocycles. The van der Waals surface area contributed by atoms with Gasteiger partial charge in [-0.2, -0.15) is 0 Å². The molecule has 1 fully saturated rings. The summed E-state index contributed by atoms with van der Waals surface area (Å²) in [6.07, 6.45) is 0.0421. The van der Waals surface area contributed by atoms with Crippen molar-refractivity contribution in [3.05, 3.63) is 6.33 Å². The van der Waals surface area contributed by atoms with E-state index in [0.717, 1.165) is 0 Å². The average molecular weight is 255 g/mol. The summed E-state index contributed by atoms with van der Waals surface area (Å²) in [6.45, 7) is 2.13. The Labute approximate surface area is 102 Å². The van der Waals surface area contributed by atoms with Crippen LogP contribution in [0.25, 0.3) is 0 Å². The Kier molecular flexibility index (Phi) is 3.51. The third kappa shape index (κ3) is 2.80. The van der Waals surface area contributed by atoms with Crippen LogP contribution in [0.2, 0.25) is 0 Å². The quantitative estimate of drug-likeness (QED) is 0.690. The molecule has 1 aliphatic rings. The zero-order chi connectivity index (χ0) is 13.1. The fourth-order valence-corrected chi connectivity index (χ4v) is 1.78. The Bertz CT molecular complexity index is 434. The van der Waals surface area contributed by atoms with Crippen LogP contribution in [0.3, 0.4) is 0 Å². The Morgan fingerprint density at radius 2 is 2.28 bits per heavy atom. The van der Waals surface area contributed by atoms with Gasteiger partial charge in [0.2, 0.25) is 5.91 Å². The number of rotatable bonds is 3. The van der Waals surface area contributed by atoms with Crippen LogP contribution in [-0.4, -0.2) is 67.4 Å². The second-order valence-corrected chi connectivity index (χ2v) is 4.08. The van der Waals surface area contributed by atoms with E-state index in [9.17, 15) is 9.59 Å². The van der Waals surface area contributed by atoms with E-state index in [-0.39, 0.29) is 25.1 Å². The van der Waals surface area contributed by atoms with Crippen LogP contribution < -0.4 is 0 Å². The van der Waals surface area contributed by atoms with Crippen molar-refractivity contribution < 1.29 is 19.4 Å². The number of morpholine rings is 1.